The van der Waals surface area contributed by atoms with Crippen molar-refractivity contribution in [3.63, 3.8) is 0 Å². The maximum Gasteiger partial charge on any atom is 0.148 e. The Kier molecular flexibility index (Phi) is 5.51. The molecule has 1 aromatic carbocycles. The molecule has 0 amide bonds. The van der Waals surface area contributed by atoms with Crippen LogP contribution in [0.15, 0.2) is 24.3 Å². The predicted octanol–water partition coefficient (Wildman–Crippen LogP) is 4.13. The van der Waals surface area contributed by atoms with E-state index in [0.29, 0.717) is 0 Å². The van der Waals surface area contributed by atoms with Crippen LogP contribution in [0.2, 0.25) is 0 Å². The summed E-state index contributed by atoms with van der Waals surface area (Å²) in [5.41, 5.74) is 1.37. The van der Waals surface area contributed by atoms with E-state index in [4.69, 9.17) is 0 Å². The van der Waals surface area contributed by atoms with Gasteiger partial charge in [0.05, 0.1) is 0 Å². The zero-order valence-electron chi connectivity index (χ0n) is 12.1. The fourth-order valence-corrected chi connectivity index (χ4v) is 3.55. The lowest BCUT2D eigenvalue weighted by molar-refractivity contribution is 0.422. The molecule has 0 saturated heterocycles. The number of benzene rings is 1. The van der Waals surface area contributed by atoms with E-state index in [9.17, 15) is 0 Å². The molecule has 0 aliphatic rings. The fraction of sp³-hybridized carbons (Fsp3) is 0.467. The molecule has 0 unspecified atom stereocenters. The van der Waals surface area contributed by atoms with Crippen molar-refractivity contribution in [1.29, 1.82) is 0 Å². The van der Waals surface area contributed by atoms with Crippen molar-refractivity contribution in [3.05, 3.63) is 32.8 Å². The second-order valence-corrected chi connectivity index (χ2v) is 7.99. The molecule has 0 aliphatic heterocycles. The van der Waals surface area contributed by atoms with Crippen molar-refractivity contribution in [2.45, 2.75) is 39.2 Å². The number of nitrogens with zero attached hydrogens (tertiary/aromatic N) is 2. The molecular formula is C15H20IN3S. The van der Waals surface area contributed by atoms with Gasteiger partial charge in [-0.05, 0) is 62.4 Å². The van der Waals surface area contributed by atoms with Crippen LogP contribution in [-0.4, -0.2) is 22.3 Å². The van der Waals surface area contributed by atoms with E-state index in [1.807, 2.05) is 12.1 Å². The van der Waals surface area contributed by atoms with Gasteiger partial charge in [-0.2, -0.15) is 0 Å². The molecule has 0 radical (unpaired) electrons. The van der Waals surface area contributed by atoms with Crippen LogP contribution in [0.5, 0.6) is 0 Å². The zero-order chi connectivity index (χ0) is 14.6. The molecular weight excluding hydrogens is 381 g/mol. The molecule has 2 aromatic rings. The zero-order valence-corrected chi connectivity index (χ0v) is 15.1. The SMILES string of the molecule is CC(C)(C)NCCCc1nnc(-c2ccccc2I)s1. The van der Waals surface area contributed by atoms with Gasteiger partial charge in [0.1, 0.15) is 10.0 Å². The van der Waals surface area contributed by atoms with E-state index in [2.05, 4.69) is 71.0 Å². The van der Waals surface area contributed by atoms with Gasteiger partial charge >= 0.3 is 0 Å². The Balaban J connectivity index is 1.92. The molecule has 0 atom stereocenters. The first-order valence-corrected chi connectivity index (χ1v) is 8.67. The van der Waals surface area contributed by atoms with E-state index >= 15 is 0 Å². The van der Waals surface area contributed by atoms with E-state index in [1.54, 1.807) is 11.3 Å². The number of aromatic nitrogens is 2. The Bertz CT molecular complexity index is 560. The Labute approximate surface area is 138 Å². The highest BCUT2D eigenvalue weighted by Gasteiger charge is 2.10. The Hall–Kier alpha value is -0.530. The number of hydrogen-bond acceptors (Lipinski definition) is 4. The average molecular weight is 401 g/mol. The normalized spacial score (nSPS) is 11.8. The third-order valence-corrected chi connectivity index (χ3v) is 4.75. The van der Waals surface area contributed by atoms with Crippen LogP contribution >= 0.6 is 33.9 Å². The summed E-state index contributed by atoms with van der Waals surface area (Å²) < 4.78 is 1.22. The molecule has 3 nitrogen and oxygen atoms in total. The largest absolute Gasteiger partial charge is 0.312 e. The molecule has 0 bridgehead atoms. The first-order valence-electron chi connectivity index (χ1n) is 6.78. The van der Waals surface area contributed by atoms with Crippen LogP contribution in [0, 0.1) is 3.57 Å². The monoisotopic (exact) mass is 401 g/mol. The summed E-state index contributed by atoms with van der Waals surface area (Å²) in [7, 11) is 0. The van der Waals surface area contributed by atoms with Gasteiger partial charge in [-0.25, -0.2) is 0 Å². The third kappa shape index (κ3) is 4.79. The van der Waals surface area contributed by atoms with Crippen molar-refractivity contribution in [1.82, 2.24) is 15.5 Å². The summed E-state index contributed by atoms with van der Waals surface area (Å²) in [4.78, 5) is 0. The van der Waals surface area contributed by atoms with Gasteiger partial charge in [0, 0.05) is 21.1 Å². The fourth-order valence-electron chi connectivity index (χ4n) is 1.80. The van der Waals surface area contributed by atoms with Crippen molar-refractivity contribution >= 4 is 33.9 Å². The smallest absolute Gasteiger partial charge is 0.148 e. The first-order chi connectivity index (χ1) is 9.46. The van der Waals surface area contributed by atoms with Crippen molar-refractivity contribution in [2.75, 3.05) is 6.54 Å². The summed E-state index contributed by atoms with van der Waals surface area (Å²) in [6.07, 6.45) is 2.09. The van der Waals surface area contributed by atoms with Gasteiger partial charge in [-0.1, -0.05) is 29.5 Å². The summed E-state index contributed by atoms with van der Waals surface area (Å²) in [6, 6.07) is 8.30. The van der Waals surface area contributed by atoms with Gasteiger partial charge in [0.25, 0.3) is 0 Å². The molecule has 0 fully saturated rings. The minimum atomic E-state index is 0.187. The maximum atomic E-state index is 4.32. The second kappa shape index (κ2) is 6.95. The van der Waals surface area contributed by atoms with Gasteiger partial charge in [0.15, 0.2) is 0 Å². The average Bonchev–Trinajstić information content (AvgIpc) is 2.83. The van der Waals surface area contributed by atoms with Crippen LogP contribution in [0.1, 0.15) is 32.2 Å². The van der Waals surface area contributed by atoms with E-state index in [0.717, 1.165) is 29.4 Å². The number of aryl methyl sites for hydroxylation is 1. The molecule has 0 aliphatic carbocycles. The minimum Gasteiger partial charge on any atom is -0.312 e. The van der Waals surface area contributed by atoms with Crippen LogP contribution in [0.3, 0.4) is 0 Å². The molecule has 0 spiro atoms. The van der Waals surface area contributed by atoms with Crippen molar-refractivity contribution in [2.24, 2.45) is 0 Å². The molecule has 1 N–H and O–H groups in total. The standard InChI is InChI=1S/C15H20IN3S/c1-15(2,3)17-10-6-9-13-18-19-14(20-13)11-7-4-5-8-12(11)16/h4-5,7-8,17H,6,9-10H2,1-3H3. The molecule has 2 rings (SSSR count). The summed E-state index contributed by atoms with van der Waals surface area (Å²) >= 11 is 4.05. The lowest BCUT2D eigenvalue weighted by atomic mass is 10.1. The van der Waals surface area contributed by atoms with Crippen LogP contribution < -0.4 is 5.32 Å². The molecule has 108 valence electrons. The highest BCUT2D eigenvalue weighted by molar-refractivity contribution is 14.1. The minimum absolute atomic E-state index is 0.187. The molecule has 5 heteroatoms. The van der Waals surface area contributed by atoms with Gasteiger partial charge in [-0.3, -0.25) is 0 Å². The van der Waals surface area contributed by atoms with Crippen LogP contribution in [0.25, 0.3) is 10.6 Å². The quantitative estimate of drug-likeness (QED) is 0.605. The van der Waals surface area contributed by atoms with Crippen molar-refractivity contribution < 1.29 is 0 Å². The number of nitrogens with one attached hydrogen (secondary N) is 1. The maximum absolute atomic E-state index is 4.32. The molecule has 1 heterocycles. The molecule has 20 heavy (non-hydrogen) atoms. The number of rotatable bonds is 5. The van der Waals surface area contributed by atoms with Gasteiger partial charge < -0.3 is 5.32 Å². The Morgan fingerprint density at radius 3 is 2.65 bits per heavy atom. The molecule has 1 aromatic heterocycles. The Morgan fingerprint density at radius 1 is 1.20 bits per heavy atom. The van der Waals surface area contributed by atoms with E-state index < -0.39 is 0 Å². The summed E-state index contributed by atoms with van der Waals surface area (Å²) in [6.45, 7) is 7.58. The van der Waals surface area contributed by atoms with E-state index in [1.165, 1.54) is 9.13 Å². The third-order valence-electron chi connectivity index (χ3n) is 2.79. The predicted molar refractivity (Wildman–Crippen MR) is 94.1 cm³/mol. The van der Waals surface area contributed by atoms with Crippen molar-refractivity contribution in [3.8, 4) is 10.6 Å². The van der Waals surface area contributed by atoms with Gasteiger partial charge in [-0.15, -0.1) is 10.2 Å². The highest BCUT2D eigenvalue weighted by atomic mass is 127. The van der Waals surface area contributed by atoms with Crippen LogP contribution in [-0.2, 0) is 6.42 Å². The summed E-state index contributed by atoms with van der Waals surface area (Å²) in [5.74, 6) is 0. The first kappa shape index (κ1) is 15.9. The number of hydrogen-bond donors (Lipinski definition) is 1. The lowest BCUT2D eigenvalue weighted by Gasteiger charge is -2.20. The Morgan fingerprint density at radius 2 is 1.95 bits per heavy atom. The van der Waals surface area contributed by atoms with E-state index in [-0.39, 0.29) is 5.54 Å². The van der Waals surface area contributed by atoms with Gasteiger partial charge in [0.2, 0.25) is 0 Å². The second-order valence-electron chi connectivity index (χ2n) is 5.76. The topological polar surface area (TPSA) is 37.8 Å². The highest BCUT2D eigenvalue weighted by Crippen LogP contribution is 2.28. The lowest BCUT2D eigenvalue weighted by Crippen LogP contribution is -2.36. The van der Waals surface area contributed by atoms with Crippen LogP contribution in [0.4, 0.5) is 0 Å². The molecule has 0 saturated carbocycles. The number of halogens is 1. The summed E-state index contributed by atoms with van der Waals surface area (Å²) in [5, 5.41) is 14.3.